The molecular formula is C7H6BrN3O. The first-order valence-corrected chi connectivity index (χ1v) is 3.96. The van der Waals surface area contributed by atoms with Crippen molar-refractivity contribution in [3.05, 3.63) is 33.1 Å². The van der Waals surface area contributed by atoms with E-state index in [0.29, 0.717) is 11.4 Å². The Morgan fingerprint density at radius 1 is 1.58 bits per heavy atom. The van der Waals surface area contributed by atoms with Gasteiger partial charge in [-0.15, -0.1) is 0 Å². The molecule has 0 spiro atoms. The maximum absolute atomic E-state index is 8.16. The second-order valence-electron chi connectivity index (χ2n) is 2.01. The normalized spacial score (nSPS) is 8.83. The molecule has 0 aromatic heterocycles. The summed E-state index contributed by atoms with van der Waals surface area (Å²) in [5.74, 6) is 0.653. The predicted molar refractivity (Wildman–Crippen MR) is 49.5 cm³/mol. The van der Waals surface area contributed by atoms with E-state index in [-0.39, 0.29) is 0 Å². The summed E-state index contributed by atoms with van der Waals surface area (Å²) in [5.41, 5.74) is 8.70. The van der Waals surface area contributed by atoms with E-state index < -0.39 is 0 Å². The minimum Gasteiger partial charge on any atom is -0.496 e. The number of hydrogen-bond acceptors (Lipinski definition) is 2. The minimum absolute atomic E-state index is 0.539. The Morgan fingerprint density at radius 2 is 2.33 bits per heavy atom. The average Bonchev–Trinajstić information content (AvgIpc) is 2.09. The molecule has 4 nitrogen and oxygen atoms in total. The maximum Gasteiger partial charge on any atom is 0.133 e. The third-order valence-electron chi connectivity index (χ3n) is 1.29. The molecule has 0 aliphatic carbocycles. The summed E-state index contributed by atoms with van der Waals surface area (Å²) in [6.07, 6.45) is 0. The number of methoxy groups -OCH3 is 1. The van der Waals surface area contributed by atoms with Crippen LogP contribution in [-0.4, -0.2) is 7.11 Å². The third-order valence-corrected chi connectivity index (χ3v) is 1.95. The van der Waals surface area contributed by atoms with Crippen molar-refractivity contribution in [2.45, 2.75) is 0 Å². The molecule has 0 amide bonds. The summed E-state index contributed by atoms with van der Waals surface area (Å²) < 4.78 is 5.84. The third kappa shape index (κ3) is 1.90. The fourth-order valence-corrected chi connectivity index (χ4v) is 1.17. The number of benzene rings is 1. The van der Waals surface area contributed by atoms with Gasteiger partial charge < -0.3 is 4.74 Å². The van der Waals surface area contributed by atoms with Crippen molar-refractivity contribution in [2.75, 3.05) is 7.11 Å². The second kappa shape index (κ2) is 3.99. The van der Waals surface area contributed by atoms with Gasteiger partial charge in [0.05, 0.1) is 11.6 Å². The van der Waals surface area contributed by atoms with Gasteiger partial charge in [0.1, 0.15) is 5.75 Å². The van der Waals surface area contributed by atoms with Crippen LogP contribution in [0, 0.1) is 0 Å². The first-order chi connectivity index (χ1) is 5.77. The van der Waals surface area contributed by atoms with Crippen LogP contribution in [0.1, 0.15) is 0 Å². The molecule has 0 N–H and O–H groups in total. The molecule has 12 heavy (non-hydrogen) atoms. The molecule has 0 fully saturated rings. The number of nitrogens with zero attached hydrogens (tertiary/aromatic N) is 3. The zero-order valence-electron chi connectivity index (χ0n) is 6.36. The van der Waals surface area contributed by atoms with E-state index in [9.17, 15) is 0 Å². The van der Waals surface area contributed by atoms with Gasteiger partial charge in [-0.25, -0.2) is 0 Å². The molecular weight excluding hydrogens is 222 g/mol. The van der Waals surface area contributed by atoms with Gasteiger partial charge in [-0.1, -0.05) is 11.2 Å². The van der Waals surface area contributed by atoms with E-state index in [2.05, 4.69) is 26.0 Å². The number of azide groups is 1. The van der Waals surface area contributed by atoms with Gasteiger partial charge in [0.25, 0.3) is 0 Å². The minimum atomic E-state index is 0.539. The van der Waals surface area contributed by atoms with Gasteiger partial charge >= 0.3 is 0 Å². The van der Waals surface area contributed by atoms with Crippen LogP contribution in [0.25, 0.3) is 10.4 Å². The fourth-order valence-electron chi connectivity index (χ4n) is 0.762. The smallest absolute Gasteiger partial charge is 0.133 e. The SMILES string of the molecule is COc1cc(N=[N+]=[N-])ccc1Br. The van der Waals surface area contributed by atoms with Crippen molar-refractivity contribution >= 4 is 21.6 Å². The van der Waals surface area contributed by atoms with Crippen LogP contribution in [0.2, 0.25) is 0 Å². The highest BCUT2D eigenvalue weighted by Crippen LogP contribution is 2.29. The monoisotopic (exact) mass is 227 g/mol. The van der Waals surface area contributed by atoms with Crippen molar-refractivity contribution in [2.24, 2.45) is 5.11 Å². The molecule has 1 aromatic rings. The number of ether oxygens (including phenoxy) is 1. The van der Waals surface area contributed by atoms with E-state index >= 15 is 0 Å². The summed E-state index contributed by atoms with van der Waals surface area (Å²) in [6.45, 7) is 0. The highest BCUT2D eigenvalue weighted by molar-refractivity contribution is 9.10. The first-order valence-electron chi connectivity index (χ1n) is 3.16. The largest absolute Gasteiger partial charge is 0.496 e. The van der Waals surface area contributed by atoms with Gasteiger partial charge in [-0.2, -0.15) is 0 Å². The van der Waals surface area contributed by atoms with E-state index in [0.717, 1.165) is 4.47 Å². The van der Waals surface area contributed by atoms with Crippen LogP contribution in [-0.2, 0) is 0 Å². The first kappa shape index (κ1) is 8.90. The fraction of sp³-hybridized carbons (Fsp3) is 0.143. The van der Waals surface area contributed by atoms with Crippen LogP contribution < -0.4 is 4.74 Å². The lowest BCUT2D eigenvalue weighted by Gasteiger charge is -2.02. The quantitative estimate of drug-likeness (QED) is 0.434. The van der Waals surface area contributed by atoms with Gasteiger partial charge in [0.2, 0.25) is 0 Å². The molecule has 0 atom stereocenters. The van der Waals surface area contributed by atoms with Crippen LogP contribution in [0.5, 0.6) is 5.75 Å². The van der Waals surface area contributed by atoms with Crippen LogP contribution in [0.15, 0.2) is 27.8 Å². The molecule has 0 unspecified atom stereocenters. The van der Waals surface area contributed by atoms with E-state index in [4.69, 9.17) is 10.3 Å². The number of halogens is 1. The van der Waals surface area contributed by atoms with Gasteiger partial charge in [-0.05, 0) is 33.6 Å². The van der Waals surface area contributed by atoms with Crippen molar-refractivity contribution in [3.8, 4) is 5.75 Å². The Bertz CT molecular complexity index is 333. The van der Waals surface area contributed by atoms with Crippen molar-refractivity contribution in [3.63, 3.8) is 0 Å². The molecule has 0 bridgehead atoms. The van der Waals surface area contributed by atoms with Crippen LogP contribution in [0.3, 0.4) is 0 Å². The van der Waals surface area contributed by atoms with Crippen molar-refractivity contribution in [1.82, 2.24) is 0 Å². The lowest BCUT2D eigenvalue weighted by molar-refractivity contribution is 0.412. The van der Waals surface area contributed by atoms with Crippen LogP contribution >= 0.6 is 15.9 Å². The number of rotatable bonds is 2. The molecule has 0 saturated carbocycles. The molecule has 1 rings (SSSR count). The molecule has 0 heterocycles. The molecule has 0 aliphatic heterocycles. The van der Waals surface area contributed by atoms with Crippen molar-refractivity contribution in [1.29, 1.82) is 0 Å². The maximum atomic E-state index is 8.16. The lowest BCUT2D eigenvalue weighted by atomic mass is 10.3. The summed E-state index contributed by atoms with van der Waals surface area (Å²) in [7, 11) is 1.56. The summed E-state index contributed by atoms with van der Waals surface area (Å²) in [4.78, 5) is 2.67. The molecule has 0 radical (unpaired) electrons. The summed E-state index contributed by atoms with van der Waals surface area (Å²) in [5, 5.41) is 3.44. The predicted octanol–water partition coefficient (Wildman–Crippen LogP) is 3.40. The Labute approximate surface area is 77.9 Å². The van der Waals surface area contributed by atoms with Gasteiger partial charge in [-0.3, -0.25) is 0 Å². The van der Waals surface area contributed by atoms with Gasteiger partial charge in [0, 0.05) is 10.6 Å². The Hall–Kier alpha value is -1.19. The highest BCUT2D eigenvalue weighted by atomic mass is 79.9. The molecule has 5 heteroatoms. The highest BCUT2D eigenvalue weighted by Gasteiger charge is 1.98. The Kier molecular flexibility index (Phi) is 2.96. The molecule has 62 valence electrons. The zero-order chi connectivity index (χ0) is 8.97. The second-order valence-corrected chi connectivity index (χ2v) is 2.86. The summed E-state index contributed by atoms with van der Waals surface area (Å²) in [6, 6.07) is 5.12. The summed E-state index contributed by atoms with van der Waals surface area (Å²) >= 11 is 3.28. The molecule has 0 aliphatic rings. The molecule has 1 aromatic carbocycles. The topological polar surface area (TPSA) is 58.0 Å². The van der Waals surface area contributed by atoms with E-state index in [1.807, 2.05) is 0 Å². The Balaban J connectivity index is 3.13. The standard InChI is InChI=1S/C7H6BrN3O/c1-12-7-4-5(10-11-9)2-3-6(7)8/h2-4H,1H3. The van der Waals surface area contributed by atoms with E-state index in [1.165, 1.54) is 0 Å². The zero-order valence-corrected chi connectivity index (χ0v) is 7.95. The van der Waals surface area contributed by atoms with Crippen molar-refractivity contribution < 1.29 is 4.74 Å². The Morgan fingerprint density at radius 3 is 2.92 bits per heavy atom. The van der Waals surface area contributed by atoms with Crippen LogP contribution in [0.4, 0.5) is 5.69 Å². The average molecular weight is 228 g/mol. The van der Waals surface area contributed by atoms with E-state index in [1.54, 1.807) is 25.3 Å². The molecule has 0 saturated heterocycles. The lowest BCUT2D eigenvalue weighted by Crippen LogP contribution is -1.82. The van der Waals surface area contributed by atoms with Gasteiger partial charge in [0.15, 0.2) is 0 Å². The number of hydrogen-bond donors (Lipinski definition) is 0.